The van der Waals surface area contributed by atoms with Crippen molar-refractivity contribution in [3.63, 3.8) is 0 Å². The van der Waals surface area contributed by atoms with Gasteiger partial charge in [-0.05, 0) is 109 Å². The fourth-order valence-corrected chi connectivity index (χ4v) is 7.80. The lowest BCUT2D eigenvalue weighted by atomic mass is 10.1. The van der Waals surface area contributed by atoms with Gasteiger partial charge in [-0.1, -0.05) is 216 Å². The maximum Gasteiger partial charge on any atom is 0.306 e. The lowest BCUT2D eigenvalue weighted by Crippen LogP contribution is -2.30. The molecule has 5 nitrogen and oxygen atoms in total. The minimum absolute atomic E-state index is 0.0739. The van der Waals surface area contributed by atoms with Gasteiger partial charge in [-0.2, -0.15) is 0 Å². The van der Waals surface area contributed by atoms with Crippen molar-refractivity contribution in [2.45, 2.75) is 284 Å². The highest BCUT2D eigenvalue weighted by Crippen LogP contribution is 2.14. The molecule has 0 aliphatic heterocycles. The number of ether oxygens (including phenoxy) is 3. The SMILES string of the molecule is CCCCC/C=C\C/C=C\C/C=C\CCCCCCCCCOCC(COC(=O)CCCCCCC/C=C\CCCCCCCC)OC(=O)CCCCCCC/C=C\CCCCCC. The van der Waals surface area contributed by atoms with Gasteiger partial charge in [-0.25, -0.2) is 0 Å². The van der Waals surface area contributed by atoms with Crippen LogP contribution in [-0.2, 0) is 23.8 Å². The van der Waals surface area contributed by atoms with Crippen molar-refractivity contribution in [2.75, 3.05) is 19.8 Å². The Balaban J connectivity index is 4.28. The van der Waals surface area contributed by atoms with Gasteiger partial charge in [0.05, 0.1) is 6.61 Å². The third-order valence-electron chi connectivity index (χ3n) is 12.0. The van der Waals surface area contributed by atoms with Crippen LogP contribution in [0.15, 0.2) is 60.8 Å². The number of hydrogen-bond donors (Lipinski definition) is 0. The average Bonchev–Trinajstić information content (AvgIpc) is 3.30. The second kappa shape index (κ2) is 54.9. The van der Waals surface area contributed by atoms with Crippen molar-refractivity contribution in [1.82, 2.24) is 0 Å². The molecule has 0 N–H and O–H groups in total. The van der Waals surface area contributed by atoms with Gasteiger partial charge in [-0.15, -0.1) is 0 Å². The molecule has 0 amide bonds. The zero-order valence-electron chi connectivity index (χ0n) is 42.8. The minimum Gasteiger partial charge on any atom is -0.462 e. The topological polar surface area (TPSA) is 61.8 Å². The lowest BCUT2D eigenvalue weighted by molar-refractivity contribution is -0.163. The molecule has 1 unspecified atom stereocenters. The Bertz CT molecular complexity index is 1100. The van der Waals surface area contributed by atoms with E-state index < -0.39 is 6.10 Å². The highest BCUT2D eigenvalue weighted by molar-refractivity contribution is 5.70. The summed E-state index contributed by atoms with van der Waals surface area (Å²) in [6, 6.07) is 0. The molecular formula is C59H106O5. The first-order valence-corrected chi connectivity index (χ1v) is 27.8. The maximum absolute atomic E-state index is 12.8. The van der Waals surface area contributed by atoms with E-state index in [2.05, 4.69) is 81.5 Å². The van der Waals surface area contributed by atoms with Gasteiger partial charge in [-0.3, -0.25) is 9.59 Å². The second-order valence-electron chi connectivity index (χ2n) is 18.5. The van der Waals surface area contributed by atoms with Crippen LogP contribution in [0.25, 0.3) is 0 Å². The van der Waals surface area contributed by atoms with Gasteiger partial charge in [0.1, 0.15) is 6.61 Å². The van der Waals surface area contributed by atoms with E-state index in [0.29, 0.717) is 19.4 Å². The Hall–Kier alpha value is -2.40. The van der Waals surface area contributed by atoms with Crippen LogP contribution in [0, 0.1) is 0 Å². The third-order valence-corrected chi connectivity index (χ3v) is 12.0. The van der Waals surface area contributed by atoms with Crippen molar-refractivity contribution >= 4 is 11.9 Å². The summed E-state index contributed by atoms with van der Waals surface area (Å²) in [6.07, 6.45) is 69.4. The van der Waals surface area contributed by atoms with Crippen LogP contribution >= 0.6 is 0 Å². The number of hydrogen-bond acceptors (Lipinski definition) is 5. The van der Waals surface area contributed by atoms with Crippen molar-refractivity contribution in [2.24, 2.45) is 0 Å². The molecule has 0 aromatic carbocycles. The molecule has 0 aromatic heterocycles. The molecule has 0 heterocycles. The van der Waals surface area contributed by atoms with Crippen LogP contribution < -0.4 is 0 Å². The quantitative estimate of drug-likeness (QED) is 0.0346. The predicted molar refractivity (Wildman–Crippen MR) is 279 cm³/mol. The third kappa shape index (κ3) is 52.2. The Morgan fingerprint density at radius 1 is 0.344 bits per heavy atom. The van der Waals surface area contributed by atoms with E-state index in [4.69, 9.17) is 14.2 Å². The number of allylic oxidation sites excluding steroid dienone is 10. The summed E-state index contributed by atoms with van der Waals surface area (Å²) in [7, 11) is 0. The second-order valence-corrected chi connectivity index (χ2v) is 18.5. The van der Waals surface area contributed by atoms with E-state index in [1.54, 1.807) is 0 Å². The summed E-state index contributed by atoms with van der Waals surface area (Å²) in [4.78, 5) is 25.4. The number of carbonyl (C=O) groups excluding carboxylic acids is 2. The van der Waals surface area contributed by atoms with E-state index in [-0.39, 0.29) is 25.2 Å². The zero-order valence-corrected chi connectivity index (χ0v) is 42.8. The fraction of sp³-hybridized carbons (Fsp3) is 0.797. The van der Waals surface area contributed by atoms with Crippen molar-refractivity contribution < 1.29 is 23.8 Å². The monoisotopic (exact) mass is 895 g/mol. The van der Waals surface area contributed by atoms with Crippen molar-refractivity contribution in [3.05, 3.63) is 60.8 Å². The average molecular weight is 895 g/mol. The van der Waals surface area contributed by atoms with E-state index in [1.807, 2.05) is 0 Å². The molecular weight excluding hydrogens is 789 g/mol. The van der Waals surface area contributed by atoms with E-state index >= 15 is 0 Å². The Morgan fingerprint density at radius 3 is 1.11 bits per heavy atom. The number of esters is 2. The molecule has 0 radical (unpaired) electrons. The molecule has 0 rings (SSSR count). The van der Waals surface area contributed by atoms with Gasteiger partial charge in [0.2, 0.25) is 0 Å². The van der Waals surface area contributed by atoms with Crippen LogP contribution in [0.3, 0.4) is 0 Å². The van der Waals surface area contributed by atoms with E-state index in [1.165, 1.54) is 167 Å². The first kappa shape index (κ1) is 61.6. The summed E-state index contributed by atoms with van der Waals surface area (Å²) < 4.78 is 17.4. The molecule has 0 saturated carbocycles. The summed E-state index contributed by atoms with van der Waals surface area (Å²) in [5, 5.41) is 0. The molecule has 372 valence electrons. The molecule has 0 spiro atoms. The molecule has 0 saturated heterocycles. The van der Waals surface area contributed by atoms with Crippen molar-refractivity contribution in [3.8, 4) is 0 Å². The first-order chi connectivity index (χ1) is 31.6. The van der Waals surface area contributed by atoms with Gasteiger partial charge in [0.25, 0.3) is 0 Å². The highest BCUT2D eigenvalue weighted by atomic mass is 16.6. The lowest BCUT2D eigenvalue weighted by Gasteiger charge is -2.18. The maximum atomic E-state index is 12.8. The van der Waals surface area contributed by atoms with Gasteiger partial charge >= 0.3 is 11.9 Å². The highest BCUT2D eigenvalue weighted by Gasteiger charge is 2.17. The summed E-state index contributed by atoms with van der Waals surface area (Å²) >= 11 is 0. The Morgan fingerprint density at radius 2 is 0.656 bits per heavy atom. The smallest absolute Gasteiger partial charge is 0.306 e. The van der Waals surface area contributed by atoms with Gasteiger partial charge < -0.3 is 14.2 Å². The van der Waals surface area contributed by atoms with Crippen LogP contribution in [-0.4, -0.2) is 37.9 Å². The van der Waals surface area contributed by atoms with Crippen molar-refractivity contribution in [1.29, 1.82) is 0 Å². The van der Waals surface area contributed by atoms with Gasteiger partial charge in [0.15, 0.2) is 6.10 Å². The summed E-state index contributed by atoms with van der Waals surface area (Å²) in [5.74, 6) is -0.415. The molecule has 0 aliphatic rings. The largest absolute Gasteiger partial charge is 0.462 e. The zero-order chi connectivity index (χ0) is 46.3. The van der Waals surface area contributed by atoms with Crippen LogP contribution in [0.2, 0.25) is 0 Å². The van der Waals surface area contributed by atoms with E-state index in [9.17, 15) is 9.59 Å². The van der Waals surface area contributed by atoms with Crippen LogP contribution in [0.4, 0.5) is 0 Å². The molecule has 0 aromatic rings. The molecule has 0 bridgehead atoms. The Labute approximate surface area is 398 Å². The first-order valence-electron chi connectivity index (χ1n) is 27.8. The molecule has 0 aliphatic carbocycles. The number of rotatable bonds is 51. The molecule has 0 fully saturated rings. The predicted octanol–water partition coefficient (Wildman–Crippen LogP) is 18.9. The standard InChI is InChI=1S/C59H106O5/c1-4-7-10-13-16-19-22-25-27-28-29-30-31-33-36-39-42-45-48-51-54-62-55-57(64-59(61)53-50-47-44-41-38-34-24-21-18-15-12-9-6-3)56-63-58(60)52-49-46-43-40-37-35-32-26-23-20-17-14-11-8-5-2/h16,19,21,24-27,29-30,32,57H,4-15,17-18,20,22-23,28,31,33-56H2,1-3H3/b19-16-,24-21-,27-25-,30-29-,32-26-. The summed E-state index contributed by atoms with van der Waals surface area (Å²) in [5.41, 5.74) is 0. The fourth-order valence-electron chi connectivity index (χ4n) is 7.80. The van der Waals surface area contributed by atoms with E-state index in [0.717, 1.165) is 77.0 Å². The van der Waals surface area contributed by atoms with Gasteiger partial charge in [0, 0.05) is 19.4 Å². The molecule has 5 heteroatoms. The molecule has 1 atom stereocenters. The normalized spacial score (nSPS) is 12.6. The Kier molecular flexibility index (Phi) is 52.9. The molecule has 64 heavy (non-hydrogen) atoms. The minimum atomic E-state index is -0.549. The van der Waals surface area contributed by atoms with Crippen LogP contribution in [0.1, 0.15) is 278 Å². The van der Waals surface area contributed by atoms with Crippen LogP contribution in [0.5, 0.6) is 0 Å². The number of carbonyl (C=O) groups is 2. The summed E-state index contributed by atoms with van der Waals surface area (Å²) in [6.45, 7) is 7.77. The number of unbranched alkanes of at least 4 members (excludes halogenated alkanes) is 30.